The van der Waals surface area contributed by atoms with Gasteiger partial charge in [-0.2, -0.15) is 0 Å². The summed E-state index contributed by atoms with van der Waals surface area (Å²) in [7, 11) is 0. The minimum atomic E-state index is -0.173. The largest absolute Gasteiger partial charge is 0.451 e. The molecule has 0 spiro atoms. The molecule has 126 valence electrons. The smallest absolute Gasteiger partial charge is 0.287 e. The number of carbonyl (C=O) groups excluding carboxylic acids is 1. The van der Waals surface area contributed by atoms with Gasteiger partial charge in [-0.25, -0.2) is 0 Å². The first-order valence-electron chi connectivity index (χ1n) is 7.85. The molecular formula is C18H20N2O2S2. The van der Waals surface area contributed by atoms with Gasteiger partial charge in [0.25, 0.3) is 5.91 Å². The first-order valence-corrected chi connectivity index (χ1v) is 9.72. The van der Waals surface area contributed by atoms with Crippen molar-refractivity contribution >= 4 is 40.0 Å². The van der Waals surface area contributed by atoms with E-state index >= 15 is 0 Å². The molecule has 0 saturated carbocycles. The Morgan fingerprint density at radius 3 is 2.92 bits per heavy atom. The topological polar surface area (TPSA) is 68.3 Å². The maximum Gasteiger partial charge on any atom is 0.287 e. The maximum absolute atomic E-state index is 12.5. The lowest BCUT2D eigenvalue weighted by molar-refractivity contribution is 0.0926. The Kier molecular flexibility index (Phi) is 5.60. The lowest BCUT2D eigenvalue weighted by atomic mass is 10.1. The zero-order chi connectivity index (χ0) is 16.9. The Balaban J connectivity index is 1.82. The Morgan fingerprint density at radius 2 is 2.17 bits per heavy atom. The summed E-state index contributed by atoms with van der Waals surface area (Å²) in [6.45, 7) is 2.47. The van der Waals surface area contributed by atoms with E-state index in [0.29, 0.717) is 18.1 Å². The van der Waals surface area contributed by atoms with Gasteiger partial charge in [0.2, 0.25) is 0 Å². The molecule has 1 unspecified atom stereocenters. The fraction of sp³-hybridized carbons (Fsp3) is 0.278. The molecule has 1 aromatic carbocycles. The molecule has 0 aliphatic heterocycles. The third-order valence-corrected chi connectivity index (χ3v) is 5.80. The van der Waals surface area contributed by atoms with Crippen LogP contribution in [0, 0.1) is 0 Å². The average Bonchev–Trinajstić information content (AvgIpc) is 3.20. The van der Waals surface area contributed by atoms with Crippen LogP contribution in [0.4, 0.5) is 0 Å². The van der Waals surface area contributed by atoms with Crippen LogP contribution in [0.5, 0.6) is 0 Å². The molecule has 6 heteroatoms. The van der Waals surface area contributed by atoms with Crippen LogP contribution in [0.3, 0.4) is 0 Å². The lowest BCUT2D eigenvalue weighted by Crippen LogP contribution is -2.29. The summed E-state index contributed by atoms with van der Waals surface area (Å²) in [5.41, 5.74) is 7.43. The molecule has 3 rings (SSSR count). The molecule has 0 aliphatic carbocycles. The summed E-state index contributed by atoms with van der Waals surface area (Å²) in [6.07, 6.45) is 0.741. The number of hydrogen-bond acceptors (Lipinski definition) is 5. The molecule has 1 amide bonds. The van der Waals surface area contributed by atoms with Gasteiger partial charge < -0.3 is 15.5 Å². The van der Waals surface area contributed by atoms with E-state index < -0.39 is 0 Å². The van der Waals surface area contributed by atoms with Crippen LogP contribution in [0.15, 0.2) is 50.4 Å². The number of thiophene rings is 1. The van der Waals surface area contributed by atoms with Gasteiger partial charge in [-0.1, -0.05) is 24.3 Å². The van der Waals surface area contributed by atoms with Crippen molar-refractivity contribution < 1.29 is 9.21 Å². The number of furan rings is 1. The second kappa shape index (κ2) is 7.88. The van der Waals surface area contributed by atoms with Gasteiger partial charge in [0.05, 0.1) is 4.21 Å². The van der Waals surface area contributed by atoms with Gasteiger partial charge in [-0.15, -0.1) is 23.1 Å². The number of para-hydroxylation sites is 1. The third-order valence-electron chi connectivity index (χ3n) is 3.64. The summed E-state index contributed by atoms with van der Waals surface area (Å²) >= 11 is 3.42. The number of rotatable bonds is 7. The van der Waals surface area contributed by atoms with Crippen LogP contribution < -0.4 is 11.1 Å². The van der Waals surface area contributed by atoms with Crippen molar-refractivity contribution in [2.24, 2.45) is 5.73 Å². The molecular weight excluding hydrogens is 340 g/mol. The minimum Gasteiger partial charge on any atom is -0.451 e. The highest BCUT2D eigenvalue weighted by Crippen LogP contribution is 2.33. The average molecular weight is 361 g/mol. The summed E-state index contributed by atoms with van der Waals surface area (Å²) in [5, 5.41) is 5.96. The predicted octanol–water partition coefficient (Wildman–Crippen LogP) is 4.25. The molecule has 2 heterocycles. The zero-order valence-corrected chi connectivity index (χ0v) is 15.1. The van der Waals surface area contributed by atoms with Crippen molar-refractivity contribution in [1.29, 1.82) is 0 Å². The lowest BCUT2D eigenvalue weighted by Gasteiger charge is -2.07. The van der Waals surface area contributed by atoms with E-state index in [1.165, 1.54) is 4.21 Å². The van der Waals surface area contributed by atoms with Crippen molar-refractivity contribution in [2.45, 2.75) is 29.3 Å². The van der Waals surface area contributed by atoms with Crippen molar-refractivity contribution in [1.82, 2.24) is 5.32 Å². The normalized spacial score (nSPS) is 12.4. The summed E-state index contributed by atoms with van der Waals surface area (Å²) in [5.74, 6) is 0.937. The van der Waals surface area contributed by atoms with Gasteiger partial charge in [0, 0.05) is 29.3 Å². The van der Waals surface area contributed by atoms with E-state index in [1.54, 1.807) is 23.1 Å². The predicted molar refractivity (Wildman–Crippen MR) is 101 cm³/mol. The molecule has 1 atom stereocenters. The minimum absolute atomic E-state index is 0.0647. The van der Waals surface area contributed by atoms with Crippen molar-refractivity contribution in [3.63, 3.8) is 0 Å². The highest BCUT2D eigenvalue weighted by Gasteiger charge is 2.20. The van der Waals surface area contributed by atoms with Gasteiger partial charge in [0.15, 0.2) is 5.76 Å². The Morgan fingerprint density at radius 1 is 1.33 bits per heavy atom. The molecule has 24 heavy (non-hydrogen) atoms. The molecule has 3 aromatic rings. The van der Waals surface area contributed by atoms with Crippen LogP contribution in [-0.4, -0.2) is 18.5 Å². The fourth-order valence-electron chi connectivity index (χ4n) is 2.41. The maximum atomic E-state index is 12.5. The Hall–Kier alpha value is -1.76. The first-order chi connectivity index (χ1) is 11.6. The van der Waals surface area contributed by atoms with Gasteiger partial charge in [-0.05, 0) is 30.9 Å². The van der Waals surface area contributed by atoms with Crippen LogP contribution in [0.1, 0.15) is 29.5 Å². The van der Waals surface area contributed by atoms with Crippen molar-refractivity contribution in [3.8, 4) is 0 Å². The standard InChI is InChI=1S/C18H20N2O2S2/c1-12(19)8-9-20-18(21)17-14(11-24-16-7-4-10-23-16)13-5-2-3-6-15(13)22-17/h2-7,10,12H,8-9,11,19H2,1H3,(H,20,21). The summed E-state index contributed by atoms with van der Waals surface area (Å²) in [6, 6.07) is 12.0. The quantitative estimate of drug-likeness (QED) is 0.618. The molecule has 0 saturated heterocycles. The van der Waals surface area contributed by atoms with Gasteiger partial charge in [0.1, 0.15) is 5.58 Å². The van der Waals surface area contributed by atoms with Gasteiger partial charge >= 0.3 is 0 Å². The molecule has 0 fully saturated rings. The monoisotopic (exact) mass is 360 g/mol. The Bertz CT molecular complexity index is 810. The number of nitrogens with one attached hydrogen (secondary N) is 1. The van der Waals surface area contributed by atoms with E-state index in [1.807, 2.05) is 37.3 Å². The van der Waals surface area contributed by atoms with Gasteiger partial charge in [-0.3, -0.25) is 4.79 Å². The second-order valence-corrected chi connectivity index (χ2v) is 7.87. The van der Waals surface area contributed by atoms with E-state index in [2.05, 4.69) is 16.8 Å². The Labute approximate surface area is 149 Å². The number of carbonyl (C=O) groups is 1. The van der Waals surface area contributed by atoms with E-state index in [-0.39, 0.29) is 11.9 Å². The highest BCUT2D eigenvalue weighted by molar-refractivity contribution is 8.00. The van der Waals surface area contributed by atoms with E-state index in [0.717, 1.165) is 23.0 Å². The van der Waals surface area contributed by atoms with Crippen molar-refractivity contribution in [2.75, 3.05) is 6.54 Å². The summed E-state index contributed by atoms with van der Waals surface area (Å²) in [4.78, 5) is 12.5. The number of benzene rings is 1. The number of thioether (sulfide) groups is 1. The molecule has 3 N–H and O–H groups in total. The zero-order valence-electron chi connectivity index (χ0n) is 13.5. The highest BCUT2D eigenvalue weighted by atomic mass is 32.2. The van der Waals surface area contributed by atoms with E-state index in [4.69, 9.17) is 10.2 Å². The van der Waals surface area contributed by atoms with Crippen molar-refractivity contribution in [3.05, 3.63) is 53.1 Å². The number of nitrogens with two attached hydrogens (primary N) is 1. The molecule has 0 bridgehead atoms. The van der Waals surface area contributed by atoms with Crippen LogP contribution >= 0.6 is 23.1 Å². The van der Waals surface area contributed by atoms with Crippen LogP contribution in [-0.2, 0) is 5.75 Å². The summed E-state index contributed by atoms with van der Waals surface area (Å²) < 4.78 is 7.06. The number of fused-ring (bicyclic) bond motifs is 1. The molecule has 2 aromatic heterocycles. The van der Waals surface area contributed by atoms with Crippen LogP contribution in [0.2, 0.25) is 0 Å². The first kappa shape index (κ1) is 17.1. The second-order valence-electron chi connectivity index (χ2n) is 5.65. The van der Waals surface area contributed by atoms with E-state index in [9.17, 15) is 4.79 Å². The fourth-order valence-corrected chi connectivity index (χ4v) is 4.22. The molecule has 0 aliphatic rings. The number of hydrogen-bond donors (Lipinski definition) is 2. The SMILES string of the molecule is CC(N)CCNC(=O)c1oc2ccccc2c1CSc1cccs1. The third kappa shape index (κ3) is 4.01. The molecule has 0 radical (unpaired) electrons. The van der Waals surface area contributed by atoms with Crippen LogP contribution in [0.25, 0.3) is 11.0 Å². The number of amides is 1. The molecule has 4 nitrogen and oxygen atoms in total.